The van der Waals surface area contributed by atoms with Crippen LogP contribution in [-0.2, 0) is 9.53 Å². The number of carboxylic acid groups (broad SMARTS) is 1. The quantitative estimate of drug-likeness (QED) is 0.748. The predicted molar refractivity (Wildman–Crippen MR) is 82.4 cm³/mol. The van der Waals surface area contributed by atoms with Crippen molar-refractivity contribution in [3.63, 3.8) is 0 Å². The zero-order valence-corrected chi connectivity index (χ0v) is 12.5. The molecule has 6 heteroatoms. The van der Waals surface area contributed by atoms with Crippen LogP contribution in [0.4, 0.5) is 5.69 Å². The van der Waals surface area contributed by atoms with E-state index in [0.717, 1.165) is 11.8 Å². The third-order valence-corrected chi connectivity index (χ3v) is 3.03. The molecule has 0 saturated carbocycles. The van der Waals surface area contributed by atoms with E-state index in [-0.39, 0.29) is 0 Å². The maximum absolute atomic E-state index is 10.7. The van der Waals surface area contributed by atoms with Crippen LogP contribution in [0.2, 0.25) is 5.02 Å². The van der Waals surface area contributed by atoms with Crippen molar-refractivity contribution in [2.75, 3.05) is 31.7 Å². The highest BCUT2D eigenvalue weighted by Gasteiger charge is 2.10. The smallest absolute Gasteiger partial charge is 0.328 e. The Labute approximate surface area is 129 Å². The monoisotopic (exact) mass is 308 g/mol. The molecule has 5 nitrogen and oxygen atoms in total. The van der Waals surface area contributed by atoms with Crippen LogP contribution in [0.25, 0.3) is 6.08 Å². The third-order valence-electron chi connectivity index (χ3n) is 2.79. The largest absolute Gasteiger partial charge is 0.478 e. The van der Waals surface area contributed by atoms with Crippen molar-refractivity contribution in [3.8, 4) is 6.07 Å². The molecular formula is C15H17ClN2O3. The Hall–Kier alpha value is -2.03. The molecule has 0 aromatic heterocycles. The number of hydrogen-bond donors (Lipinski definition) is 1. The minimum Gasteiger partial charge on any atom is -0.478 e. The van der Waals surface area contributed by atoms with Crippen LogP contribution in [0.5, 0.6) is 0 Å². The number of anilines is 1. The molecule has 0 radical (unpaired) electrons. The van der Waals surface area contributed by atoms with Crippen LogP contribution < -0.4 is 4.90 Å². The van der Waals surface area contributed by atoms with Crippen molar-refractivity contribution in [1.82, 2.24) is 0 Å². The number of halogens is 1. The molecule has 0 aliphatic carbocycles. The molecular weight excluding hydrogens is 292 g/mol. The van der Waals surface area contributed by atoms with Crippen molar-refractivity contribution in [2.45, 2.75) is 6.42 Å². The Morgan fingerprint density at radius 1 is 1.52 bits per heavy atom. The van der Waals surface area contributed by atoms with Gasteiger partial charge in [-0.15, -0.1) is 0 Å². The molecule has 0 heterocycles. The number of aliphatic carboxylic acids is 1. The molecule has 21 heavy (non-hydrogen) atoms. The van der Waals surface area contributed by atoms with Gasteiger partial charge in [0, 0.05) is 37.0 Å². The minimum atomic E-state index is -1.03. The van der Waals surface area contributed by atoms with E-state index in [0.29, 0.717) is 36.7 Å². The molecule has 0 fully saturated rings. The van der Waals surface area contributed by atoms with Crippen molar-refractivity contribution >= 4 is 29.3 Å². The molecule has 0 saturated heterocycles. The molecule has 1 rings (SSSR count). The lowest BCUT2D eigenvalue weighted by molar-refractivity contribution is -0.131. The van der Waals surface area contributed by atoms with E-state index < -0.39 is 5.97 Å². The maximum atomic E-state index is 10.7. The van der Waals surface area contributed by atoms with Gasteiger partial charge in [0.1, 0.15) is 0 Å². The SMILES string of the molecule is COCCN(CCC#N)c1ccc(Cl)cc1/C=C/C(=O)O. The first kappa shape index (κ1) is 17.0. The lowest BCUT2D eigenvalue weighted by atomic mass is 10.1. The summed E-state index contributed by atoms with van der Waals surface area (Å²) < 4.78 is 5.07. The van der Waals surface area contributed by atoms with Gasteiger partial charge < -0.3 is 14.7 Å². The summed E-state index contributed by atoms with van der Waals surface area (Å²) >= 11 is 5.97. The van der Waals surface area contributed by atoms with Crippen molar-refractivity contribution in [1.29, 1.82) is 5.26 Å². The normalized spacial score (nSPS) is 10.5. The van der Waals surface area contributed by atoms with E-state index in [9.17, 15) is 4.79 Å². The summed E-state index contributed by atoms with van der Waals surface area (Å²) in [5, 5.41) is 18.0. The Bertz CT molecular complexity index is 552. The molecule has 1 aromatic carbocycles. The highest BCUT2D eigenvalue weighted by atomic mass is 35.5. The Morgan fingerprint density at radius 3 is 2.90 bits per heavy atom. The fraction of sp³-hybridized carbons (Fsp3) is 0.333. The minimum absolute atomic E-state index is 0.369. The van der Waals surface area contributed by atoms with Crippen molar-refractivity contribution in [2.24, 2.45) is 0 Å². The average molecular weight is 309 g/mol. The topological polar surface area (TPSA) is 73.6 Å². The zero-order chi connectivity index (χ0) is 15.7. The molecule has 1 aromatic rings. The number of benzene rings is 1. The first-order chi connectivity index (χ1) is 10.1. The van der Waals surface area contributed by atoms with Gasteiger partial charge in [0.15, 0.2) is 0 Å². The number of carbonyl (C=O) groups is 1. The number of carboxylic acids is 1. The first-order valence-corrected chi connectivity index (χ1v) is 6.77. The van der Waals surface area contributed by atoms with E-state index in [1.807, 2.05) is 11.0 Å². The van der Waals surface area contributed by atoms with Crippen LogP contribution in [-0.4, -0.2) is 37.9 Å². The second-order valence-electron chi connectivity index (χ2n) is 4.26. The van der Waals surface area contributed by atoms with E-state index in [4.69, 9.17) is 26.7 Å². The molecule has 0 aliphatic heterocycles. The molecule has 0 amide bonds. The maximum Gasteiger partial charge on any atom is 0.328 e. The molecule has 0 spiro atoms. The van der Waals surface area contributed by atoms with Gasteiger partial charge >= 0.3 is 5.97 Å². The van der Waals surface area contributed by atoms with E-state index in [1.54, 1.807) is 19.2 Å². The number of hydrogen-bond acceptors (Lipinski definition) is 4. The molecule has 1 N–H and O–H groups in total. The Kier molecular flexibility index (Phi) is 7.30. The summed E-state index contributed by atoms with van der Waals surface area (Å²) in [6.07, 6.45) is 2.93. The predicted octanol–water partition coefficient (Wildman–Crippen LogP) is 2.80. The summed E-state index contributed by atoms with van der Waals surface area (Å²) in [6.45, 7) is 1.65. The molecule has 0 unspecified atom stereocenters. The van der Waals surface area contributed by atoms with Crippen LogP contribution >= 0.6 is 11.6 Å². The van der Waals surface area contributed by atoms with Crippen molar-refractivity contribution < 1.29 is 14.6 Å². The van der Waals surface area contributed by atoms with Crippen LogP contribution in [0.1, 0.15) is 12.0 Å². The second kappa shape index (κ2) is 9.01. The van der Waals surface area contributed by atoms with Gasteiger partial charge in [-0.05, 0) is 29.8 Å². The fourth-order valence-electron chi connectivity index (χ4n) is 1.85. The van der Waals surface area contributed by atoms with Gasteiger partial charge in [-0.3, -0.25) is 0 Å². The van der Waals surface area contributed by atoms with Crippen LogP contribution in [0.3, 0.4) is 0 Å². The molecule has 112 valence electrons. The third kappa shape index (κ3) is 5.86. The average Bonchev–Trinajstić information content (AvgIpc) is 2.46. The lowest BCUT2D eigenvalue weighted by Gasteiger charge is -2.25. The Morgan fingerprint density at radius 2 is 2.29 bits per heavy atom. The van der Waals surface area contributed by atoms with E-state index in [1.165, 1.54) is 6.08 Å². The number of nitriles is 1. The standard InChI is InChI=1S/C15H17ClN2O3/c1-21-10-9-18(8-2-7-17)14-5-4-13(16)11-12(14)3-6-15(19)20/h3-6,11H,2,8-10H2,1H3,(H,19,20)/b6-3+. The Balaban J connectivity index is 3.09. The summed E-state index contributed by atoms with van der Waals surface area (Å²) in [5.74, 6) is -1.03. The van der Waals surface area contributed by atoms with Crippen molar-refractivity contribution in [3.05, 3.63) is 34.9 Å². The summed E-state index contributed by atoms with van der Waals surface area (Å²) in [4.78, 5) is 12.7. The van der Waals surface area contributed by atoms with E-state index in [2.05, 4.69) is 6.07 Å². The highest BCUT2D eigenvalue weighted by Crippen LogP contribution is 2.26. The van der Waals surface area contributed by atoms with Gasteiger partial charge in [-0.1, -0.05) is 11.6 Å². The molecule has 0 bridgehead atoms. The lowest BCUT2D eigenvalue weighted by Crippen LogP contribution is -2.28. The summed E-state index contributed by atoms with van der Waals surface area (Å²) in [6, 6.07) is 7.36. The number of methoxy groups -OCH3 is 1. The van der Waals surface area contributed by atoms with Gasteiger partial charge in [-0.25, -0.2) is 4.79 Å². The number of ether oxygens (including phenoxy) is 1. The number of nitrogens with zero attached hydrogens (tertiary/aromatic N) is 2. The summed E-state index contributed by atoms with van der Waals surface area (Å²) in [5.41, 5.74) is 1.52. The number of rotatable bonds is 8. The van der Waals surface area contributed by atoms with Crippen LogP contribution in [0, 0.1) is 11.3 Å². The zero-order valence-electron chi connectivity index (χ0n) is 11.8. The van der Waals surface area contributed by atoms with Gasteiger partial charge in [-0.2, -0.15) is 5.26 Å². The van der Waals surface area contributed by atoms with Crippen LogP contribution in [0.15, 0.2) is 24.3 Å². The highest BCUT2D eigenvalue weighted by molar-refractivity contribution is 6.30. The fourth-order valence-corrected chi connectivity index (χ4v) is 2.03. The molecule has 0 aliphatic rings. The first-order valence-electron chi connectivity index (χ1n) is 6.40. The second-order valence-corrected chi connectivity index (χ2v) is 4.70. The van der Waals surface area contributed by atoms with E-state index >= 15 is 0 Å². The van der Waals surface area contributed by atoms with Gasteiger partial charge in [0.25, 0.3) is 0 Å². The van der Waals surface area contributed by atoms with Gasteiger partial charge in [0.2, 0.25) is 0 Å². The summed E-state index contributed by atoms with van der Waals surface area (Å²) in [7, 11) is 1.61. The molecule has 0 atom stereocenters. The van der Waals surface area contributed by atoms with Gasteiger partial charge in [0.05, 0.1) is 19.1 Å².